The Morgan fingerprint density at radius 2 is 2.09 bits per heavy atom. The number of nitrogens with zero attached hydrogens (tertiary/aromatic N) is 3. The zero-order chi connectivity index (χ0) is 15.9. The maximum Gasteiger partial charge on any atom is 0.253 e. The highest BCUT2D eigenvalue weighted by atomic mass is 16.5. The van der Waals surface area contributed by atoms with E-state index in [-0.39, 0.29) is 0 Å². The molecule has 1 aromatic carbocycles. The van der Waals surface area contributed by atoms with Gasteiger partial charge in [-0.15, -0.1) is 5.10 Å². The molecule has 5 nitrogen and oxygen atoms in total. The maximum atomic E-state index is 9.27. The van der Waals surface area contributed by atoms with Crippen LogP contribution in [0, 0.1) is 18.3 Å². The summed E-state index contributed by atoms with van der Waals surface area (Å²) in [6.45, 7) is 5.26. The summed E-state index contributed by atoms with van der Waals surface area (Å²) in [4.78, 5) is 0. The molecule has 0 amide bonds. The van der Waals surface area contributed by atoms with E-state index in [9.17, 15) is 5.26 Å². The fraction of sp³-hybridized carbons (Fsp3) is 0.412. The minimum Gasteiger partial charge on any atom is -0.471 e. The molecule has 1 heterocycles. The topological polar surface area (TPSA) is 76.9 Å². The van der Waals surface area contributed by atoms with Crippen molar-refractivity contribution in [3.05, 3.63) is 41.0 Å². The van der Waals surface area contributed by atoms with E-state index in [4.69, 9.17) is 10.5 Å². The summed E-state index contributed by atoms with van der Waals surface area (Å²) in [7, 11) is 0. The normalized spacial score (nSPS) is 10.4. The molecule has 5 heteroatoms. The summed E-state index contributed by atoms with van der Waals surface area (Å²) in [6.07, 6.45) is 3.23. The zero-order valence-corrected chi connectivity index (χ0v) is 13.2. The van der Waals surface area contributed by atoms with Crippen molar-refractivity contribution >= 4 is 5.82 Å². The van der Waals surface area contributed by atoms with Crippen LogP contribution in [0.3, 0.4) is 0 Å². The number of nitriles is 1. The van der Waals surface area contributed by atoms with E-state index in [2.05, 4.69) is 18.1 Å². The molecule has 1 aromatic heterocycles. The summed E-state index contributed by atoms with van der Waals surface area (Å²) in [5.74, 6) is 0.707. The van der Waals surface area contributed by atoms with Gasteiger partial charge in [0.05, 0.1) is 0 Å². The molecule has 0 unspecified atom stereocenters. The zero-order valence-electron chi connectivity index (χ0n) is 13.2. The number of unbranched alkanes of at least 4 members (excludes halogenated alkanes) is 2. The molecule has 0 saturated heterocycles. The molecule has 0 radical (unpaired) electrons. The van der Waals surface area contributed by atoms with Crippen LogP contribution in [0.15, 0.2) is 24.3 Å². The molecule has 0 aliphatic rings. The molecule has 0 aliphatic carbocycles. The van der Waals surface area contributed by atoms with E-state index in [1.165, 1.54) is 0 Å². The van der Waals surface area contributed by atoms with E-state index >= 15 is 0 Å². The number of nitrogens with two attached hydrogens (primary N) is 1. The Morgan fingerprint density at radius 3 is 2.77 bits per heavy atom. The van der Waals surface area contributed by atoms with Crippen LogP contribution in [0.5, 0.6) is 5.88 Å². The predicted molar refractivity (Wildman–Crippen MR) is 86.4 cm³/mol. The van der Waals surface area contributed by atoms with Gasteiger partial charge < -0.3 is 10.5 Å². The number of hydrogen-bond acceptors (Lipinski definition) is 4. The van der Waals surface area contributed by atoms with Crippen molar-refractivity contribution < 1.29 is 4.74 Å². The van der Waals surface area contributed by atoms with Gasteiger partial charge in [-0.3, -0.25) is 0 Å². The lowest BCUT2D eigenvalue weighted by atomic mass is 10.1. The van der Waals surface area contributed by atoms with Crippen LogP contribution in [0.25, 0.3) is 0 Å². The average molecular weight is 298 g/mol. The third kappa shape index (κ3) is 3.59. The molecule has 2 aromatic rings. The van der Waals surface area contributed by atoms with Gasteiger partial charge in [0, 0.05) is 6.54 Å². The van der Waals surface area contributed by atoms with E-state index in [1.807, 2.05) is 31.2 Å². The van der Waals surface area contributed by atoms with Gasteiger partial charge in [0.2, 0.25) is 0 Å². The number of nitrogen functional groups attached to an aromatic ring is 1. The first kappa shape index (κ1) is 15.9. The number of ether oxygens (including phenoxy) is 1. The second-order valence-corrected chi connectivity index (χ2v) is 5.32. The summed E-state index contributed by atoms with van der Waals surface area (Å²) in [5, 5.41) is 13.6. The van der Waals surface area contributed by atoms with E-state index in [1.54, 1.807) is 4.68 Å². The molecular weight excluding hydrogens is 276 g/mol. The SMILES string of the molecule is CCCCCn1nc(OCc2ccccc2C)c(C#N)c1N. The summed E-state index contributed by atoms with van der Waals surface area (Å²) in [5.41, 5.74) is 8.54. The quantitative estimate of drug-likeness (QED) is 0.795. The van der Waals surface area contributed by atoms with Gasteiger partial charge in [-0.1, -0.05) is 44.0 Å². The minimum absolute atomic E-state index is 0.319. The van der Waals surface area contributed by atoms with Crippen LogP contribution in [-0.2, 0) is 13.2 Å². The van der Waals surface area contributed by atoms with Crippen molar-refractivity contribution in [2.75, 3.05) is 5.73 Å². The van der Waals surface area contributed by atoms with Crippen molar-refractivity contribution in [3.63, 3.8) is 0 Å². The Bertz CT molecular complexity index is 670. The highest BCUT2D eigenvalue weighted by molar-refractivity contribution is 5.55. The van der Waals surface area contributed by atoms with Gasteiger partial charge >= 0.3 is 0 Å². The van der Waals surface area contributed by atoms with Crippen LogP contribution >= 0.6 is 0 Å². The lowest BCUT2D eigenvalue weighted by Crippen LogP contribution is -2.05. The fourth-order valence-corrected chi connectivity index (χ4v) is 2.26. The molecule has 22 heavy (non-hydrogen) atoms. The monoisotopic (exact) mass is 298 g/mol. The molecule has 0 atom stereocenters. The second kappa shape index (κ2) is 7.51. The Hall–Kier alpha value is -2.48. The van der Waals surface area contributed by atoms with Gasteiger partial charge in [-0.2, -0.15) is 5.26 Å². The number of rotatable bonds is 7. The average Bonchev–Trinajstić information content (AvgIpc) is 2.82. The fourth-order valence-electron chi connectivity index (χ4n) is 2.26. The van der Waals surface area contributed by atoms with Crippen molar-refractivity contribution in [3.8, 4) is 11.9 Å². The van der Waals surface area contributed by atoms with Gasteiger partial charge in [0.25, 0.3) is 5.88 Å². The van der Waals surface area contributed by atoms with Gasteiger partial charge in [0.15, 0.2) is 5.56 Å². The van der Waals surface area contributed by atoms with Crippen LogP contribution < -0.4 is 10.5 Å². The smallest absolute Gasteiger partial charge is 0.253 e. The summed E-state index contributed by atoms with van der Waals surface area (Å²) < 4.78 is 7.40. The molecular formula is C17H22N4O. The Labute approximate surface area is 131 Å². The van der Waals surface area contributed by atoms with Crippen LogP contribution in [0.2, 0.25) is 0 Å². The molecule has 116 valence electrons. The molecule has 0 aliphatic heterocycles. The van der Waals surface area contributed by atoms with Crippen molar-refractivity contribution in [2.24, 2.45) is 0 Å². The first-order chi connectivity index (χ1) is 10.7. The van der Waals surface area contributed by atoms with Crippen LogP contribution in [-0.4, -0.2) is 9.78 Å². The molecule has 0 bridgehead atoms. The summed E-state index contributed by atoms with van der Waals surface area (Å²) >= 11 is 0. The largest absolute Gasteiger partial charge is 0.471 e. The Morgan fingerprint density at radius 1 is 1.32 bits per heavy atom. The minimum atomic E-state index is 0.319. The Kier molecular flexibility index (Phi) is 5.42. The molecule has 0 spiro atoms. The third-order valence-corrected chi connectivity index (χ3v) is 3.67. The van der Waals surface area contributed by atoms with Crippen molar-refractivity contribution in [1.29, 1.82) is 5.26 Å². The maximum absolute atomic E-state index is 9.27. The van der Waals surface area contributed by atoms with E-state index in [0.717, 1.165) is 30.4 Å². The van der Waals surface area contributed by atoms with Gasteiger partial charge in [-0.25, -0.2) is 4.68 Å². The first-order valence-electron chi connectivity index (χ1n) is 7.61. The standard InChI is InChI=1S/C17H22N4O/c1-3-4-7-10-21-16(19)15(11-18)17(20-21)22-12-14-9-6-5-8-13(14)2/h5-6,8-9H,3-4,7,10,12,19H2,1-2H3. The second-order valence-electron chi connectivity index (χ2n) is 5.32. The predicted octanol–water partition coefficient (Wildman–Crippen LogP) is 3.41. The lowest BCUT2D eigenvalue weighted by Gasteiger charge is -2.06. The number of benzene rings is 1. The molecule has 0 fully saturated rings. The highest BCUT2D eigenvalue weighted by Crippen LogP contribution is 2.24. The van der Waals surface area contributed by atoms with E-state index in [0.29, 0.717) is 30.4 Å². The Balaban J connectivity index is 2.12. The van der Waals surface area contributed by atoms with Gasteiger partial charge in [-0.05, 0) is 24.5 Å². The number of anilines is 1. The van der Waals surface area contributed by atoms with Crippen molar-refractivity contribution in [2.45, 2.75) is 46.3 Å². The van der Waals surface area contributed by atoms with Crippen LogP contribution in [0.1, 0.15) is 42.9 Å². The number of aryl methyl sites for hydroxylation is 2. The molecule has 2 rings (SSSR count). The molecule has 0 saturated carbocycles. The number of hydrogen-bond donors (Lipinski definition) is 1. The first-order valence-corrected chi connectivity index (χ1v) is 7.61. The molecule has 2 N–H and O–H groups in total. The van der Waals surface area contributed by atoms with Gasteiger partial charge in [0.1, 0.15) is 18.5 Å². The number of aromatic nitrogens is 2. The summed E-state index contributed by atoms with van der Waals surface area (Å²) in [6, 6.07) is 10.1. The third-order valence-electron chi connectivity index (χ3n) is 3.67. The lowest BCUT2D eigenvalue weighted by molar-refractivity contribution is 0.287. The van der Waals surface area contributed by atoms with E-state index < -0.39 is 0 Å². The van der Waals surface area contributed by atoms with Crippen LogP contribution in [0.4, 0.5) is 5.82 Å². The highest BCUT2D eigenvalue weighted by Gasteiger charge is 2.16. The van der Waals surface area contributed by atoms with Crippen molar-refractivity contribution in [1.82, 2.24) is 9.78 Å².